The van der Waals surface area contributed by atoms with Crippen molar-refractivity contribution in [3.63, 3.8) is 0 Å². The fourth-order valence-electron chi connectivity index (χ4n) is 1.79. The first-order chi connectivity index (χ1) is 10.3. The van der Waals surface area contributed by atoms with Gasteiger partial charge in [-0.05, 0) is 30.5 Å². The maximum absolute atomic E-state index is 12.0. The van der Waals surface area contributed by atoms with Crippen molar-refractivity contribution < 1.29 is 13.2 Å². The number of benzene rings is 1. The van der Waals surface area contributed by atoms with Gasteiger partial charge in [-0.2, -0.15) is 0 Å². The topological polar surface area (TPSA) is 89.0 Å². The number of hydrogen-bond donors (Lipinski definition) is 1. The van der Waals surface area contributed by atoms with Crippen molar-refractivity contribution in [1.29, 1.82) is 0 Å². The molecule has 0 saturated carbocycles. The lowest BCUT2D eigenvalue weighted by molar-refractivity contribution is -0.113. The molecule has 0 fully saturated rings. The van der Waals surface area contributed by atoms with Gasteiger partial charge in [0, 0.05) is 5.69 Å². The molecule has 118 valence electrons. The van der Waals surface area contributed by atoms with Crippen LogP contribution >= 0.6 is 11.3 Å². The Morgan fingerprint density at radius 1 is 1.23 bits per heavy atom. The van der Waals surface area contributed by atoms with Crippen LogP contribution in [-0.2, 0) is 14.6 Å². The Balaban J connectivity index is 2.03. The number of rotatable bonds is 5. The van der Waals surface area contributed by atoms with Crippen molar-refractivity contribution in [3.05, 3.63) is 34.8 Å². The molecule has 1 aromatic carbocycles. The van der Waals surface area contributed by atoms with Crippen molar-refractivity contribution in [2.24, 2.45) is 0 Å². The quantitative estimate of drug-likeness (QED) is 0.903. The predicted octanol–water partition coefficient (Wildman–Crippen LogP) is 2.38. The van der Waals surface area contributed by atoms with E-state index in [1.807, 2.05) is 12.1 Å². The van der Waals surface area contributed by atoms with Crippen LogP contribution in [0.15, 0.2) is 28.6 Å². The molecule has 1 aromatic heterocycles. The fourth-order valence-corrected chi connectivity index (χ4v) is 3.96. The molecule has 0 aliphatic rings. The Morgan fingerprint density at radius 3 is 2.36 bits per heavy atom. The highest BCUT2D eigenvalue weighted by Gasteiger charge is 2.23. The zero-order valence-corrected chi connectivity index (χ0v) is 14.2. The Kier molecular flexibility index (Phi) is 4.92. The van der Waals surface area contributed by atoms with Crippen LogP contribution < -0.4 is 5.32 Å². The summed E-state index contributed by atoms with van der Waals surface area (Å²) in [6, 6.07) is 7.33. The van der Waals surface area contributed by atoms with Crippen LogP contribution in [-0.4, -0.2) is 30.3 Å². The number of hydrogen-bond acceptors (Lipinski definition) is 6. The van der Waals surface area contributed by atoms with E-state index in [-0.39, 0.29) is 4.34 Å². The lowest BCUT2D eigenvalue weighted by Gasteiger charge is -2.08. The average Bonchev–Trinajstić information content (AvgIpc) is 2.86. The molecule has 22 heavy (non-hydrogen) atoms. The summed E-state index contributed by atoms with van der Waals surface area (Å²) in [6.07, 6.45) is 0. The molecule has 2 rings (SSSR count). The van der Waals surface area contributed by atoms with Crippen LogP contribution in [0.25, 0.3) is 0 Å². The van der Waals surface area contributed by atoms with Crippen LogP contribution in [0.4, 0.5) is 5.69 Å². The summed E-state index contributed by atoms with van der Waals surface area (Å²) >= 11 is 0.958. The lowest BCUT2D eigenvalue weighted by atomic mass is 10.0. The van der Waals surface area contributed by atoms with Gasteiger partial charge in [-0.1, -0.05) is 37.3 Å². The van der Waals surface area contributed by atoms with Gasteiger partial charge in [0.15, 0.2) is 0 Å². The molecule has 1 heterocycles. The number of sulfone groups is 1. The van der Waals surface area contributed by atoms with Gasteiger partial charge in [-0.15, -0.1) is 10.2 Å². The van der Waals surface area contributed by atoms with Gasteiger partial charge in [-0.3, -0.25) is 4.79 Å². The molecule has 0 unspecified atom stereocenters. The predicted molar refractivity (Wildman–Crippen MR) is 85.9 cm³/mol. The highest BCUT2D eigenvalue weighted by molar-refractivity contribution is 7.94. The Morgan fingerprint density at radius 2 is 1.86 bits per heavy atom. The second-order valence-electron chi connectivity index (χ2n) is 5.17. The van der Waals surface area contributed by atoms with Crippen molar-refractivity contribution in [2.45, 2.75) is 31.0 Å². The molecule has 0 aliphatic heterocycles. The summed E-state index contributed by atoms with van der Waals surface area (Å²) in [5.41, 5.74) is 1.72. The van der Waals surface area contributed by atoms with Gasteiger partial charge in [0.2, 0.25) is 20.1 Å². The molecule has 8 heteroatoms. The average molecular weight is 339 g/mol. The molecular weight excluding hydrogens is 322 g/mol. The third-order valence-electron chi connectivity index (χ3n) is 2.96. The van der Waals surface area contributed by atoms with E-state index in [0.29, 0.717) is 16.6 Å². The van der Waals surface area contributed by atoms with Crippen LogP contribution in [0.3, 0.4) is 0 Å². The zero-order valence-electron chi connectivity index (χ0n) is 12.5. The molecule has 6 nitrogen and oxygen atoms in total. The van der Waals surface area contributed by atoms with Gasteiger partial charge in [0.25, 0.3) is 0 Å². The molecule has 0 bridgehead atoms. The van der Waals surface area contributed by atoms with Gasteiger partial charge < -0.3 is 5.32 Å². The summed E-state index contributed by atoms with van der Waals surface area (Å²) in [7, 11) is -3.75. The third kappa shape index (κ3) is 4.11. The molecule has 0 saturated heterocycles. The van der Waals surface area contributed by atoms with Crippen molar-refractivity contribution in [3.8, 4) is 0 Å². The maximum Gasteiger partial charge on any atom is 0.240 e. The van der Waals surface area contributed by atoms with Crippen molar-refractivity contribution >= 4 is 32.8 Å². The number of anilines is 1. The normalized spacial score (nSPS) is 11.6. The van der Waals surface area contributed by atoms with Crippen LogP contribution in [0.2, 0.25) is 0 Å². The summed E-state index contributed by atoms with van der Waals surface area (Å²) < 4.78 is 23.9. The Bertz CT molecular complexity index is 765. The molecule has 0 atom stereocenters. The monoisotopic (exact) mass is 339 g/mol. The van der Waals surface area contributed by atoms with Crippen molar-refractivity contribution in [2.75, 3.05) is 11.1 Å². The zero-order chi connectivity index (χ0) is 16.3. The van der Waals surface area contributed by atoms with Gasteiger partial charge in [-0.25, -0.2) is 8.42 Å². The minimum atomic E-state index is -3.75. The summed E-state index contributed by atoms with van der Waals surface area (Å²) in [5.74, 6) is -0.843. The number of carbonyl (C=O) groups excluding carboxylic acids is 1. The van der Waals surface area contributed by atoms with E-state index in [1.165, 1.54) is 0 Å². The van der Waals surface area contributed by atoms with E-state index < -0.39 is 21.5 Å². The molecular formula is C14H17N3O3S2. The smallest absolute Gasteiger partial charge is 0.240 e. The number of nitrogens with zero attached hydrogens (tertiary/aromatic N) is 2. The summed E-state index contributed by atoms with van der Waals surface area (Å²) in [5, 5.41) is 10.4. The molecule has 0 spiro atoms. The van der Waals surface area contributed by atoms with E-state index in [2.05, 4.69) is 29.4 Å². The van der Waals surface area contributed by atoms with Crippen LogP contribution in [0.5, 0.6) is 0 Å². The molecule has 1 amide bonds. The number of aryl methyl sites for hydroxylation is 1. The van der Waals surface area contributed by atoms with Gasteiger partial charge in [0.05, 0.1) is 0 Å². The van der Waals surface area contributed by atoms with Gasteiger partial charge >= 0.3 is 0 Å². The van der Waals surface area contributed by atoms with Crippen molar-refractivity contribution in [1.82, 2.24) is 10.2 Å². The summed E-state index contributed by atoms with van der Waals surface area (Å²) in [6.45, 7) is 5.81. The summed E-state index contributed by atoms with van der Waals surface area (Å²) in [4.78, 5) is 11.9. The minimum absolute atomic E-state index is 0.129. The highest BCUT2D eigenvalue weighted by Crippen LogP contribution is 2.18. The first-order valence-electron chi connectivity index (χ1n) is 6.70. The second kappa shape index (κ2) is 6.53. The molecule has 1 N–H and O–H groups in total. The van der Waals surface area contributed by atoms with Gasteiger partial charge in [0.1, 0.15) is 10.8 Å². The SMILES string of the molecule is Cc1nnc(S(=O)(=O)CC(=O)Nc2ccc(C(C)C)cc2)s1. The number of carbonyl (C=O) groups is 1. The fraction of sp³-hybridized carbons (Fsp3) is 0.357. The number of aromatic nitrogens is 2. The van der Waals surface area contributed by atoms with E-state index >= 15 is 0 Å². The molecule has 2 aromatic rings. The first kappa shape index (κ1) is 16.6. The lowest BCUT2D eigenvalue weighted by Crippen LogP contribution is -2.23. The Labute approximate surface area is 133 Å². The van der Waals surface area contributed by atoms with E-state index in [0.717, 1.165) is 16.9 Å². The minimum Gasteiger partial charge on any atom is -0.325 e. The first-order valence-corrected chi connectivity index (χ1v) is 9.17. The molecule has 0 aliphatic carbocycles. The molecule has 0 radical (unpaired) electrons. The highest BCUT2D eigenvalue weighted by atomic mass is 32.2. The Hall–Kier alpha value is -1.80. The number of nitrogens with one attached hydrogen (secondary N) is 1. The van der Waals surface area contributed by atoms with E-state index in [4.69, 9.17) is 0 Å². The largest absolute Gasteiger partial charge is 0.325 e. The van der Waals surface area contributed by atoms with Crippen LogP contribution in [0, 0.1) is 6.92 Å². The van der Waals surface area contributed by atoms with E-state index in [9.17, 15) is 13.2 Å². The van der Waals surface area contributed by atoms with Crippen LogP contribution in [0.1, 0.15) is 30.3 Å². The number of amides is 1. The van der Waals surface area contributed by atoms with E-state index in [1.54, 1.807) is 19.1 Å². The maximum atomic E-state index is 12.0. The standard InChI is InChI=1S/C14H17N3O3S2/c1-9(2)11-4-6-12(7-5-11)15-13(18)8-22(19,20)14-17-16-10(3)21-14/h4-7,9H,8H2,1-3H3,(H,15,18). The third-order valence-corrected chi connectivity index (χ3v) is 5.86. The second-order valence-corrected chi connectivity index (χ2v) is 8.52.